The monoisotopic (exact) mass is 330 g/mol. The van der Waals surface area contributed by atoms with E-state index in [-0.39, 0.29) is 6.54 Å². The quantitative estimate of drug-likeness (QED) is 0.880. The fraction of sp³-hybridized carbons (Fsp3) is 0.176. The number of hydrogen-bond donors (Lipinski definition) is 2. The highest BCUT2D eigenvalue weighted by Crippen LogP contribution is 2.30. The standard InChI is InChI=1S/C17H19ClN4O/c1-11-3-5-12(6-4-11)16(20)17(22(2)10-15(19)23)13-7-8-21-9-14(13)18/h3-9H,10,20H2,1-2H3,(H2,19,23)/b17-16-. The van der Waals surface area contributed by atoms with Crippen LogP contribution in [0.2, 0.25) is 5.02 Å². The highest BCUT2D eigenvalue weighted by Gasteiger charge is 2.17. The molecule has 0 radical (unpaired) electrons. The third-order valence-corrected chi connectivity index (χ3v) is 3.72. The summed E-state index contributed by atoms with van der Waals surface area (Å²) >= 11 is 6.26. The number of nitrogens with two attached hydrogens (primary N) is 2. The van der Waals surface area contributed by atoms with Crippen LogP contribution in [0.3, 0.4) is 0 Å². The summed E-state index contributed by atoms with van der Waals surface area (Å²) < 4.78 is 0. The first-order chi connectivity index (χ1) is 10.9. The highest BCUT2D eigenvalue weighted by atomic mass is 35.5. The largest absolute Gasteiger partial charge is 0.397 e. The van der Waals surface area contributed by atoms with Crippen molar-refractivity contribution in [3.8, 4) is 0 Å². The lowest BCUT2D eigenvalue weighted by atomic mass is 10.0. The minimum Gasteiger partial charge on any atom is -0.397 e. The Morgan fingerprint density at radius 3 is 2.43 bits per heavy atom. The molecule has 0 atom stereocenters. The van der Waals surface area contributed by atoms with Crippen molar-refractivity contribution in [1.29, 1.82) is 0 Å². The fourth-order valence-corrected chi connectivity index (χ4v) is 2.52. The number of carbonyl (C=O) groups excluding carboxylic acids is 1. The van der Waals surface area contributed by atoms with Gasteiger partial charge in [-0.2, -0.15) is 0 Å². The minimum absolute atomic E-state index is 0.0283. The molecule has 4 N–H and O–H groups in total. The molecule has 2 aromatic rings. The molecule has 0 saturated heterocycles. The Hall–Kier alpha value is -2.53. The summed E-state index contributed by atoms with van der Waals surface area (Å²) in [4.78, 5) is 17.0. The topological polar surface area (TPSA) is 85.2 Å². The second-order valence-electron chi connectivity index (χ2n) is 5.31. The predicted octanol–water partition coefficient (Wildman–Crippen LogP) is 2.25. The number of hydrogen-bond acceptors (Lipinski definition) is 4. The summed E-state index contributed by atoms with van der Waals surface area (Å²) in [5.41, 5.74) is 15.5. The maximum Gasteiger partial charge on any atom is 0.236 e. The van der Waals surface area contributed by atoms with Gasteiger partial charge in [0.25, 0.3) is 0 Å². The van der Waals surface area contributed by atoms with Gasteiger partial charge in [-0.05, 0) is 18.6 Å². The van der Waals surface area contributed by atoms with Gasteiger partial charge in [0, 0.05) is 25.0 Å². The second kappa shape index (κ2) is 7.15. The molecule has 0 bridgehead atoms. The molecule has 1 aromatic heterocycles. The van der Waals surface area contributed by atoms with Crippen LogP contribution < -0.4 is 11.5 Å². The summed E-state index contributed by atoms with van der Waals surface area (Å²) in [5, 5.41) is 0.453. The van der Waals surface area contributed by atoms with Gasteiger partial charge < -0.3 is 16.4 Å². The first-order valence-electron chi connectivity index (χ1n) is 7.06. The Balaban J connectivity index is 2.60. The first-order valence-corrected chi connectivity index (χ1v) is 7.44. The van der Waals surface area contributed by atoms with Crippen molar-refractivity contribution in [3.63, 3.8) is 0 Å². The Morgan fingerprint density at radius 1 is 1.22 bits per heavy atom. The number of pyridine rings is 1. The lowest BCUT2D eigenvalue weighted by molar-refractivity contribution is -0.118. The van der Waals surface area contributed by atoms with Crippen molar-refractivity contribution in [2.75, 3.05) is 13.6 Å². The number of aromatic nitrogens is 1. The van der Waals surface area contributed by atoms with Gasteiger partial charge in [-0.15, -0.1) is 0 Å². The zero-order chi connectivity index (χ0) is 17.0. The molecule has 0 fully saturated rings. The molecule has 0 spiro atoms. The van der Waals surface area contributed by atoms with E-state index in [0.29, 0.717) is 22.0 Å². The van der Waals surface area contributed by atoms with Crippen LogP contribution in [0.15, 0.2) is 42.7 Å². The Morgan fingerprint density at radius 2 is 1.87 bits per heavy atom. The number of carbonyl (C=O) groups is 1. The fourth-order valence-electron chi connectivity index (χ4n) is 2.31. The van der Waals surface area contributed by atoms with Crippen LogP contribution in [0.5, 0.6) is 0 Å². The normalized spacial score (nSPS) is 11.8. The zero-order valence-electron chi connectivity index (χ0n) is 13.1. The zero-order valence-corrected chi connectivity index (χ0v) is 13.8. The van der Waals surface area contributed by atoms with Gasteiger partial charge in [0.2, 0.25) is 5.91 Å². The van der Waals surface area contributed by atoms with E-state index in [0.717, 1.165) is 11.1 Å². The molecule has 0 aliphatic carbocycles. The van der Waals surface area contributed by atoms with E-state index in [9.17, 15) is 4.79 Å². The molecule has 6 heteroatoms. The Labute approximate surface area is 140 Å². The summed E-state index contributed by atoms with van der Waals surface area (Å²) in [5.74, 6) is -0.452. The van der Waals surface area contributed by atoms with Gasteiger partial charge in [-0.1, -0.05) is 41.4 Å². The van der Waals surface area contributed by atoms with Crippen molar-refractivity contribution < 1.29 is 4.79 Å². The van der Waals surface area contributed by atoms with Crippen LogP contribution in [0, 0.1) is 6.92 Å². The molecule has 2 rings (SSSR count). The summed E-state index contributed by atoms with van der Waals surface area (Å²) in [6.07, 6.45) is 3.17. The maximum absolute atomic E-state index is 11.3. The van der Waals surface area contributed by atoms with Gasteiger partial charge in [0.1, 0.15) is 0 Å². The maximum atomic E-state index is 11.3. The van der Waals surface area contributed by atoms with E-state index in [1.165, 1.54) is 6.20 Å². The molecule has 1 aromatic carbocycles. The summed E-state index contributed by atoms with van der Waals surface area (Å²) in [6, 6.07) is 9.57. The molecule has 5 nitrogen and oxygen atoms in total. The molecule has 1 heterocycles. The number of likely N-dealkylation sites (N-methyl/N-ethyl adjacent to an activating group) is 1. The number of halogens is 1. The van der Waals surface area contributed by atoms with Gasteiger partial charge in [-0.3, -0.25) is 9.78 Å². The van der Waals surface area contributed by atoms with Crippen LogP contribution >= 0.6 is 11.6 Å². The number of primary amides is 1. The first kappa shape index (κ1) is 16.8. The number of aryl methyl sites for hydroxylation is 1. The number of rotatable bonds is 5. The van der Waals surface area contributed by atoms with Gasteiger partial charge >= 0.3 is 0 Å². The summed E-state index contributed by atoms with van der Waals surface area (Å²) in [6.45, 7) is 2.03. The molecule has 0 unspecified atom stereocenters. The van der Waals surface area contributed by atoms with Crippen molar-refractivity contribution in [1.82, 2.24) is 9.88 Å². The van der Waals surface area contributed by atoms with Gasteiger partial charge in [0.05, 0.1) is 23.0 Å². The molecule has 0 aliphatic heterocycles. The second-order valence-corrected chi connectivity index (χ2v) is 5.71. The molecular weight excluding hydrogens is 312 g/mol. The van der Waals surface area contributed by atoms with Crippen LogP contribution in [0.25, 0.3) is 11.4 Å². The number of amides is 1. The van der Waals surface area contributed by atoms with E-state index in [1.54, 1.807) is 24.2 Å². The van der Waals surface area contributed by atoms with Crippen molar-refractivity contribution in [3.05, 3.63) is 64.4 Å². The molecular formula is C17H19ClN4O. The van der Waals surface area contributed by atoms with Crippen LogP contribution in [-0.4, -0.2) is 29.4 Å². The predicted molar refractivity (Wildman–Crippen MR) is 93.3 cm³/mol. The van der Waals surface area contributed by atoms with E-state index >= 15 is 0 Å². The minimum atomic E-state index is -0.452. The van der Waals surface area contributed by atoms with Crippen molar-refractivity contribution in [2.45, 2.75) is 6.92 Å². The van der Waals surface area contributed by atoms with Crippen LogP contribution in [0.4, 0.5) is 0 Å². The lowest BCUT2D eigenvalue weighted by Crippen LogP contribution is -2.31. The van der Waals surface area contributed by atoms with Crippen molar-refractivity contribution in [2.24, 2.45) is 11.5 Å². The van der Waals surface area contributed by atoms with Crippen molar-refractivity contribution >= 4 is 28.9 Å². The van der Waals surface area contributed by atoms with E-state index in [4.69, 9.17) is 23.1 Å². The van der Waals surface area contributed by atoms with Crippen LogP contribution in [0.1, 0.15) is 16.7 Å². The molecule has 0 aliphatic rings. The number of benzene rings is 1. The Bertz CT molecular complexity index is 741. The lowest BCUT2D eigenvalue weighted by Gasteiger charge is -2.24. The molecule has 120 valence electrons. The average molecular weight is 331 g/mol. The van der Waals surface area contributed by atoms with Gasteiger partial charge in [0.15, 0.2) is 0 Å². The van der Waals surface area contributed by atoms with Gasteiger partial charge in [-0.25, -0.2) is 0 Å². The molecule has 0 saturated carbocycles. The average Bonchev–Trinajstić information content (AvgIpc) is 2.49. The number of nitrogens with zero attached hydrogens (tertiary/aromatic N) is 2. The smallest absolute Gasteiger partial charge is 0.236 e. The van der Waals surface area contributed by atoms with E-state index < -0.39 is 5.91 Å². The molecule has 23 heavy (non-hydrogen) atoms. The summed E-state index contributed by atoms with van der Waals surface area (Å²) in [7, 11) is 1.75. The Kier molecular flexibility index (Phi) is 5.24. The van der Waals surface area contributed by atoms with Crippen LogP contribution in [-0.2, 0) is 4.79 Å². The van der Waals surface area contributed by atoms with E-state index in [1.807, 2.05) is 31.2 Å². The SMILES string of the molecule is Cc1ccc(/C(N)=C(\c2ccncc2Cl)N(C)CC(N)=O)cc1. The third-order valence-electron chi connectivity index (χ3n) is 3.42. The third kappa shape index (κ3) is 4.02. The van der Waals surface area contributed by atoms with E-state index in [2.05, 4.69) is 4.98 Å². The molecule has 1 amide bonds. The highest BCUT2D eigenvalue weighted by molar-refractivity contribution is 6.32.